The molecule has 0 heterocycles. The number of nitrogens with one attached hydrogen (secondary N) is 1. The molecule has 4 nitrogen and oxygen atoms in total. The highest BCUT2D eigenvalue weighted by Crippen LogP contribution is 1.95. The summed E-state index contributed by atoms with van der Waals surface area (Å²) in [5, 5.41) is 0. The van der Waals surface area contributed by atoms with Crippen LogP contribution in [0, 0.1) is 12.3 Å². The van der Waals surface area contributed by atoms with Crippen molar-refractivity contribution in [1.82, 2.24) is 4.72 Å². The highest BCUT2D eigenvalue weighted by molar-refractivity contribution is 7.89. The number of hydrogen-bond donors (Lipinski definition) is 1. The maximum atomic E-state index is 11.4. The van der Waals surface area contributed by atoms with Gasteiger partial charge in [-0.2, -0.15) is 0 Å². The van der Waals surface area contributed by atoms with Crippen LogP contribution < -0.4 is 4.72 Å². The van der Waals surface area contributed by atoms with Gasteiger partial charge in [0.1, 0.15) is 0 Å². The van der Waals surface area contributed by atoms with Crippen LogP contribution in [-0.2, 0) is 14.8 Å². The van der Waals surface area contributed by atoms with Crippen LogP contribution in [-0.4, -0.2) is 33.9 Å². The van der Waals surface area contributed by atoms with E-state index in [1.165, 1.54) is 7.11 Å². The van der Waals surface area contributed by atoms with Crippen molar-refractivity contribution in [2.45, 2.75) is 25.8 Å². The number of terminal acetylenes is 1. The molecule has 0 aliphatic carbocycles. The number of rotatable bonds is 7. The fraction of sp³-hybridized carbons (Fsp3) is 0.778. The molecule has 0 saturated heterocycles. The quantitative estimate of drug-likeness (QED) is 0.496. The number of sulfonamides is 1. The molecule has 1 unspecified atom stereocenters. The Morgan fingerprint density at radius 2 is 2.21 bits per heavy atom. The predicted molar refractivity (Wildman–Crippen MR) is 56.3 cm³/mol. The van der Waals surface area contributed by atoms with Gasteiger partial charge in [-0.05, 0) is 12.8 Å². The van der Waals surface area contributed by atoms with Crippen LogP contribution in [0.5, 0.6) is 0 Å². The molecule has 82 valence electrons. The first-order valence-electron chi connectivity index (χ1n) is 4.50. The molecular weight excluding hydrogens is 202 g/mol. The number of ether oxygens (including phenoxy) is 1. The van der Waals surface area contributed by atoms with E-state index in [2.05, 4.69) is 10.6 Å². The van der Waals surface area contributed by atoms with Crippen molar-refractivity contribution < 1.29 is 13.2 Å². The lowest BCUT2D eigenvalue weighted by Crippen LogP contribution is -2.35. The third-order valence-corrected chi connectivity index (χ3v) is 3.16. The minimum Gasteiger partial charge on any atom is -0.385 e. The van der Waals surface area contributed by atoms with E-state index < -0.39 is 16.1 Å². The molecule has 0 spiro atoms. The second kappa shape index (κ2) is 6.82. The summed E-state index contributed by atoms with van der Waals surface area (Å²) in [6.45, 7) is 2.27. The van der Waals surface area contributed by atoms with Crippen molar-refractivity contribution >= 4 is 10.0 Å². The minimum absolute atomic E-state index is 0.0546. The van der Waals surface area contributed by atoms with Gasteiger partial charge < -0.3 is 4.74 Å². The molecule has 0 bridgehead atoms. The van der Waals surface area contributed by atoms with Crippen LogP contribution in [0.15, 0.2) is 0 Å². The standard InChI is InChI=1S/C9H17NO3S/c1-4-9(5-2)10-14(11,12)8-6-7-13-3/h1,9-10H,5-8H2,2-3H3. The SMILES string of the molecule is C#CC(CC)NS(=O)(=O)CCCOC. The number of methoxy groups -OCH3 is 1. The summed E-state index contributed by atoms with van der Waals surface area (Å²) in [7, 11) is -1.71. The van der Waals surface area contributed by atoms with Gasteiger partial charge in [-0.25, -0.2) is 13.1 Å². The monoisotopic (exact) mass is 219 g/mol. The molecule has 5 heteroatoms. The second-order valence-electron chi connectivity index (χ2n) is 2.91. The Morgan fingerprint density at radius 3 is 2.64 bits per heavy atom. The van der Waals surface area contributed by atoms with Gasteiger partial charge in [-0.3, -0.25) is 0 Å². The number of hydrogen-bond acceptors (Lipinski definition) is 3. The first-order valence-corrected chi connectivity index (χ1v) is 6.16. The van der Waals surface area contributed by atoms with Gasteiger partial charge >= 0.3 is 0 Å². The average molecular weight is 219 g/mol. The van der Waals surface area contributed by atoms with Crippen molar-refractivity contribution in [2.75, 3.05) is 19.5 Å². The molecule has 0 rings (SSSR count). The fourth-order valence-corrected chi connectivity index (χ4v) is 2.19. The van der Waals surface area contributed by atoms with E-state index in [0.717, 1.165) is 0 Å². The summed E-state index contributed by atoms with van der Waals surface area (Å²) in [5.41, 5.74) is 0. The Labute approximate surface area is 86.1 Å². The summed E-state index contributed by atoms with van der Waals surface area (Å²) in [4.78, 5) is 0. The highest BCUT2D eigenvalue weighted by Gasteiger charge is 2.13. The molecule has 14 heavy (non-hydrogen) atoms. The zero-order valence-electron chi connectivity index (χ0n) is 8.62. The molecule has 1 atom stereocenters. The molecule has 0 aromatic heterocycles. The zero-order chi connectivity index (χ0) is 11.0. The Balaban J connectivity index is 4.02. The fourth-order valence-electron chi connectivity index (χ4n) is 0.904. The van der Waals surface area contributed by atoms with E-state index in [4.69, 9.17) is 11.2 Å². The lowest BCUT2D eigenvalue weighted by atomic mass is 10.3. The molecule has 0 aromatic carbocycles. The molecular formula is C9H17NO3S. The minimum atomic E-state index is -3.25. The van der Waals surface area contributed by atoms with Crippen LogP contribution in [0.25, 0.3) is 0 Å². The topological polar surface area (TPSA) is 55.4 Å². The molecule has 0 radical (unpaired) electrons. The zero-order valence-corrected chi connectivity index (χ0v) is 9.43. The largest absolute Gasteiger partial charge is 0.385 e. The third kappa shape index (κ3) is 5.97. The van der Waals surface area contributed by atoms with Gasteiger partial charge in [0.15, 0.2) is 0 Å². The molecule has 0 fully saturated rings. The van der Waals surface area contributed by atoms with E-state index >= 15 is 0 Å². The third-order valence-electron chi connectivity index (χ3n) is 1.69. The van der Waals surface area contributed by atoms with Crippen LogP contribution in [0.2, 0.25) is 0 Å². The summed E-state index contributed by atoms with van der Waals surface area (Å²) in [6.07, 6.45) is 6.22. The molecule has 0 aliphatic rings. The van der Waals surface area contributed by atoms with Crippen molar-refractivity contribution in [3.05, 3.63) is 0 Å². The van der Waals surface area contributed by atoms with Gasteiger partial charge in [0, 0.05) is 13.7 Å². The van der Waals surface area contributed by atoms with Gasteiger partial charge in [0.05, 0.1) is 11.8 Å². The van der Waals surface area contributed by atoms with E-state index in [1.54, 1.807) is 0 Å². The first-order chi connectivity index (χ1) is 6.55. The van der Waals surface area contributed by atoms with Gasteiger partial charge in [0.2, 0.25) is 10.0 Å². The smallest absolute Gasteiger partial charge is 0.212 e. The maximum absolute atomic E-state index is 11.4. The van der Waals surface area contributed by atoms with Crippen molar-refractivity contribution in [2.24, 2.45) is 0 Å². The highest BCUT2D eigenvalue weighted by atomic mass is 32.2. The molecule has 0 amide bonds. The average Bonchev–Trinajstić information content (AvgIpc) is 2.14. The molecule has 0 aromatic rings. The Bertz CT molecular complexity index is 279. The van der Waals surface area contributed by atoms with Crippen LogP contribution in [0.1, 0.15) is 19.8 Å². The van der Waals surface area contributed by atoms with Crippen molar-refractivity contribution in [1.29, 1.82) is 0 Å². The normalized spacial score (nSPS) is 13.5. The van der Waals surface area contributed by atoms with Gasteiger partial charge in [-0.1, -0.05) is 12.8 Å². The van der Waals surface area contributed by atoms with Crippen LogP contribution >= 0.6 is 0 Å². The second-order valence-corrected chi connectivity index (χ2v) is 4.78. The van der Waals surface area contributed by atoms with Gasteiger partial charge in [-0.15, -0.1) is 6.42 Å². The lowest BCUT2D eigenvalue weighted by molar-refractivity contribution is 0.199. The summed E-state index contributed by atoms with van der Waals surface area (Å²) >= 11 is 0. The molecule has 0 aliphatic heterocycles. The van der Waals surface area contributed by atoms with E-state index in [-0.39, 0.29) is 5.75 Å². The maximum Gasteiger partial charge on any atom is 0.212 e. The van der Waals surface area contributed by atoms with Gasteiger partial charge in [0.25, 0.3) is 0 Å². The van der Waals surface area contributed by atoms with E-state index in [1.807, 2.05) is 6.92 Å². The lowest BCUT2D eigenvalue weighted by Gasteiger charge is -2.10. The first kappa shape index (κ1) is 13.4. The summed E-state index contributed by atoms with van der Waals surface area (Å²) in [5.74, 6) is 2.43. The Kier molecular flexibility index (Phi) is 6.54. The van der Waals surface area contributed by atoms with Crippen molar-refractivity contribution in [3.63, 3.8) is 0 Å². The predicted octanol–water partition coefficient (Wildman–Crippen LogP) is 0.354. The van der Waals surface area contributed by atoms with E-state index in [9.17, 15) is 8.42 Å². The van der Waals surface area contributed by atoms with E-state index in [0.29, 0.717) is 19.4 Å². The summed E-state index contributed by atoms with van der Waals surface area (Å²) < 4.78 is 29.9. The van der Waals surface area contributed by atoms with Crippen LogP contribution in [0.3, 0.4) is 0 Å². The van der Waals surface area contributed by atoms with Crippen molar-refractivity contribution in [3.8, 4) is 12.3 Å². The summed E-state index contributed by atoms with van der Waals surface area (Å²) in [6, 6.07) is -0.400. The molecule has 0 saturated carbocycles. The Hall–Kier alpha value is -0.570. The van der Waals surface area contributed by atoms with Crippen LogP contribution in [0.4, 0.5) is 0 Å². The Morgan fingerprint density at radius 1 is 1.57 bits per heavy atom. The molecule has 1 N–H and O–H groups in total.